The Balaban J connectivity index is 1.48. The molecule has 2 aliphatic heterocycles. The third kappa shape index (κ3) is 3.09. The summed E-state index contributed by atoms with van der Waals surface area (Å²) in [4.78, 5) is 4.69. The molecule has 2 aromatic heterocycles. The van der Waals surface area contributed by atoms with Crippen molar-refractivity contribution in [2.24, 2.45) is 0 Å². The van der Waals surface area contributed by atoms with Gasteiger partial charge in [-0.1, -0.05) is 18.2 Å². The molecule has 3 aromatic rings. The van der Waals surface area contributed by atoms with Gasteiger partial charge in [0, 0.05) is 38.3 Å². The Morgan fingerprint density at radius 3 is 2.70 bits per heavy atom. The quantitative estimate of drug-likeness (QED) is 0.712. The van der Waals surface area contributed by atoms with Crippen LogP contribution >= 0.6 is 0 Å². The van der Waals surface area contributed by atoms with Gasteiger partial charge in [0.25, 0.3) is 0 Å². The van der Waals surface area contributed by atoms with Crippen molar-refractivity contribution in [3.63, 3.8) is 0 Å². The van der Waals surface area contributed by atoms with Crippen molar-refractivity contribution in [2.45, 2.75) is 37.3 Å². The summed E-state index contributed by atoms with van der Waals surface area (Å²) in [6.45, 7) is 2.38. The molecule has 2 fully saturated rings. The van der Waals surface area contributed by atoms with Gasteiger partial charge >= 0.3 is 0 Å². The van der Waals surface area contributed by atoms with E-state index in [-0.39, 0.29) is 5.60 Å². The molecule has 0 amide bonds. The number of aromatic nitrogens is 4. The highest BCUT2D eigenvalue weighted by Gasteiger charge is 2.40. The lowest BCUT2D eigenvalue weighted by atomic mass is 9.84. The number of hydrogen-bond acceptors (Lipinski definition) is 4. The number of benzene rings is 1. The summed E-state index contributed by atoms with van der Waals surface area (Å²) in [7, 11) is 0. The van der Waals surface area contributed by atoms with Crippen molar-refractivity contribution in [2.75, 3.05) is 19.8 Å². The second-order valence-corrected chi connectivity index (χ2v) is 7.41. The summed E-state index contributed by atoms with van der Waals surface area (Å²) >= 11 is 0. The highest BCUT2D eigenvalue weighted by atomic mass is 16.5. The van der Waals surface area contributed by atoms with Crippen molar-refractivity contribution < 1.29 is 9.47 Å². The molecule has 1 atom stereocenters. The zero-order chi connectivity index (χ0) is 18.1. The predicted octanol–water partition coefficient (Wildman–Crippen LogP) is 3.64. The summed E-state index contributed by atoms with van der Waals surface area (Å²) in [6, 6.07) is 12.6. The molecule has 4 heterocycles. The van der Waals surface area contributed by atoms with E-state index in [0.717, 1.165) is 62.7 Å². The van der Waals surface area contributed by atoms with E-state index in [2.05, 4.69) is 28.0 Å². The van der Waals surface area contributed by atoms with Crippen molar-refractivity contribution >= 4 is 0 Å². The van der Waals surface area contributed by atoms with E-state index in [1.807, 2.05) is 41.3 Å². The number of ether oxygens (including phenoxy) is 2. The van der Waals surface area contributed by atoms with Crippen LogP contribution in [0.1, 0.15) is 31.7 Å². The standard InChI is InChI=1S/C21H24N4O2/c1-2-4-17(5-3-1)25-19(6-10-23-25)20-22-11-12-24(20)18-7-13-27-21(16-18)8-14-26-15-9-21/h1-6,10-12,18H,7-9,13-16H2. The van der Waals surface area contributed by atoms with Gasteiger partial charge in [0.2, 0.25) is 0 Å². The molecule has 5 rings (SSSR count). The average molecular weight is 364 g/mol. The zero-order valence-corrected chi connectivity index (χ0v) is 15.3. The van der Waals surface area contributed by atoms with Gasteiger partial charge in [-0.05, 0) is 43.9 Å². The van der Waals surface area contributed by atoms with E-state index in [1.165, 1.54) is 0 Å². The fourth-order valence-corrected chi connectivity index (χ4v) is 4.38. The van der Waals surface area contributed by atoms with Crippen LogP contribution in [-0.2, 0) is 9.47 Å². The monoisotopic (exact) mass is 364 g/mol. The van der Waals surface area contributed by atoms with Crippen LogP contribution in [0.5, 0.6) is 0 Å². The molecule has 0 radical (unpaired) electrons. The minimum absolute atomic E-state index is 0.0393. The van der Waals surface area contributed by atoms with Crippen molar-refractivity contribution in [1.82, 2.24) is 19.3 Å². The number of rotatable bonds is 3. The van der Waals surface area contributed by atoms with Crippen LogP contribution in [0.4, 0.5) is 0 Å². The summed E-state index contributed by atoms with van der Waals surface area (Å²) in [5.41, 5.74) is 2.01. The first-order chi connectivity index (χ1) is 13.3. The van der Waals surface area contributed by atoms with Crippen molar-refractivity contribution in [1.29, 1.82) is 0 Å². The SMILES string of the molecule is c1ccc(-n2nccc2-c2nccn2C2CCOC3(CCOCC3)C2)cc1. The maximum Gasteiger partial charge on any atom is 0.159 e. The van der Waals surface area contributed by atoms with Crippen LogP contribution in [0.15, 0.2) is 55.0 Å². The Labute approximate surface area is 158 Å². The van der Waals surface area contributed by atoms with Crippen LogP contribution in [0.25, 0.3) is 17.2 Å². The summed E-state index contributed by atoms with van der Waals surface area (Å²) in [6.07, 6.45) is 9.81. The minimum atomic E-state index is -0.0393. The first kappa shape index (κ1) is 16.7. The van der Waals surface area contributed by atoms with Gasteiger partial charge in [0.05, 0.1) is 17.5 Å². The number of nitrogens with zero attached hydrogens (tertiary/aromatic N) is 4. The molecule has 2 saturated heterocycles. The van der Waals surface area contributed by atoms with E-state index >= 15 is 0 Å². The van der Waals surface area contributed by atoms with Crippen molar-refractivity contribution in [3.05, 3.63) is 55.0 Å². The lowest BCUT2D eigenvalue weighted by molar-refractivity contribution is -0.144. The van der Waals surface area contributed by atoms with Gasteiger partial charge < -0.3 is 14.0 Å². The molecule has 0 saturated carbocycles. The molecule has 1 unspecified atom stereocenters. The topological polar surface area (TPSA) is 54.1 Å². The van der Waals surface area contributed by atoms with Crippen molar-refractivity contribution in [3.8, 4) is 17.2 Å². The second-order valence-electron chi connectivity index (χ2n) is 7.41. The lowest BCUT2D eigenvalue weighted by Gasteiger charge is -2.43. The minimum Gasteiger partial charge on any atom is -0.381 e. The maximum atomic E-state index is 6.23. The fraction of sp³-hybridized carbons (Fsp3) is 0.429. The van der Waals surface area contributed by atoms with E-state index in [4.69, 9.17) is 14.5 Å². The molecule has 0 N–H and O–H groups in total. The van der Waals surface area contributed by atoms with Gasteiger partial charge in [-0.15, -0.1) is 0 Å². The molecule has 0 bridgehead atoms. The van der Waals surface area contributed by atoms with E-state index in [1.54, 1.807) is 0 Å². The Kier molecular flexibility index (Phi) is 4.30. The number of imidazole rings is 1. The fourth-order valence-electron chi connectivity index (χ4n) is 4.38. The molecule has 6 heteroatoms. The Bertz CT molecular complexity index is 890. The maximum absolute atomic E-state index is 6.23. The highest BCUT2D eigenvalue weighted by Crippen LogP contribution is 2.40. The summed E-state index contributed by atoms with van der Waals surface area (Å²) in [5.74, 6) is 0.963. The molecule has 1 spiro atoms. The molecule has 2 aliphatic rings. The zero-order valence-electron chi connectivity index (χ0n) is 15.3. The van der Waals surface area contributed by atoms with Gasteiger partial charge in [-0.25, -0.2) is 9.67 Å². The molecular formula is C21H24N4O2. The van der Waals surface area contributed by atoms with Gasteiger partial charge in [-0.2, -0.15) is 5.10 Å². The van der Waals surface area contributed by atoms with Crippen LogP contribution in [0, 0.1) is 0 Å². The van der Waals surface area contributed by atoms with E-state index < -0.39 is 0 Å². The summed E-state index contributed by atoms with van der Waals surface area (Å²) < 4.78 is 16.1. The van der Waals surface area contributed by atoms with Crippen LogP contribution in [-0.4, -0.2) is 44.8 Å². The van der Waals surface area contributed by atoms with Crippen LogP contribution < -0.4 is 0 Å². The number of para-hydroxylation sites is 1. The molecular weight excluding hydrogens is 340 g/mol. The summed E-state index contributed by atoms with van der Waals surface area (Å²) in [5, 5.41) is 4.53. The molecule has 1 aromatic carbocycles. The number of hydrogen-bond donors (Lipinski definition) is 0. The third-order valence-corrected chi connectivity index (χ3v) is 5.81. The smallest absolute Gasteiger partial charge is 0.159 e. The first-order valence-electron chi connectivity index (χ1n) is 9.69. The lowest BCUT2D eigenvalue weighted by Crippen LogP contribution is -2.44. The largest absolute Gasteiger partial charge is 0.381 e. The molecule has 27 heavy (non-hydrogen) atoms. The normalized spacial score (nSPS) is 22.1. The molecule has 6 nitrogen and oxygen atoms in total. The van der Waals surface area contributed by atoms with Crippen LogP contribution in [0.3, 0.4) is 0 Å². The highest BCUT2D eigenvalue weighted by molar-refractivity contribution is 5.54. The third-order valence-electron chi connectivity index (χ3n) is 5.81. The van der Waals surface area contributed by atoms with E-state index in [9.17, 15) is 0 Å². The molecule has 0 aliphatic carbocycles. The molecule has 140 valence electrons. The van der Waals surface area contributed by atoms with E-state index in [0.29, 0.717) is 6.04 Å². The first-order valence-corrected chi connectivity index (χ1v) is 9.69. The van der Waals surface area contributed by atoms with Gasteiger partial charge in [0.15, 0.2) is 5.82 Å². The van der Waals surface area contributed by atoms with Gasteiger partial charge in [0.1, 0.15) is 5.69 Å². The second kappa shape index (κ2) is 6.94. The van der Waals surface area contributed by atoms with Gasteiger partial charge in [-0.3, -0.25) is 0 Å². The average Bonchev–Trinajstić information content (AvgIpc) is 3.38. The van der Waals surface area contributed by atoms with Crippen LogP contribution in [0.2, 0.25) is 0 Å². The Morgan fingerprint density at radius 1 is 1.00 bits per heavy atom. The Hall–Kier alpha value is -2.44. The Morgan fingerprint density at radius 2 is 1.85 bits per heavy atom. The predicted molar refractivity (Wildman–Crippen MR) is 102 cm³/mol.